The third-order valence-corrected chi connectivity index (χ3v) is 4.08. The fraction of sp³-hybridized carbons (Fsp3) is 0.500. The van der Waals surface area contributed by atoms with Gasteiger partial charge in [-0.25, -0.2) is 4.79 Å². The van der Waals surface area contributed by atoms with Crippen LogP contribution in [0, 0.1) is 0 Å². The molecule has 116 valence electrons. The Balaban J connectivity index is 2.30. The van der Waals surface area contributed by atoms with E-state index in [0.29, 0.717) is 13.0 Å². The zero-order chi connectivity index (χ0) is 15.5. The first-order valence-electron chi connectivity index (χ1n) is 7.37. The summed E-state index contributed by atoms with van der Waals surface area (Å²) in [6.45, 7) is 2.63. The minimum atomic E-state index is -0.969. The normalized spacial score (nSPS) is 10.9. The summed E-state index contributed by atoms with van der Waals surface area (Å²) in [5, 5.41) is 13.4. The van der Waals surface area contributed by atoms with Crippen molar-refractivity contribution in [2.45, 2.75) is 52.0 Å². The number of rotatable bonds is 10. The average Bonchev–Trinajstić information content (AvgIpc) is 2.90. The molecule has 0 fully saturated rings. The molecule has 5 heteroatoms. The van der Waals surface area contributed by atoms with Crippen molar-refractivity contribution >= 4 is 29.3 Å². The summed E-state index contributed by atoms with van der Waals surface area (Å²) < 4.78 is 0. The summed E-state index contributed by atoms with van der Waals surface area (Å²) in [6, 6.07) is 1.86. The van der Waals surface area contributed by atoms with Gasteiger partial charge in [-0.05, 0) is 29.5 Å². The molecule has 1 amide bonds. The molecule has 0 saturated carbocycles. The van der Waals surface area contributed by atoms with Gasteiger partial charge in [-0.3, -0.25) is 4.79 Å². The number of hydrogen-bond donors (Lipinski definition) is 2. The molecule has 1 rings (SSSR count). The van der Waals surface area contributed by atoms with Crippen molar-refractivity contribution in [1.82, 2.24) is 5.32 Å². The van der Waals surface area contributed by atoms with E-state index in [2.05, 4.69) is 12.2 Å². The van der Waals surface area contributed by atoms with Gasteiger partial charge in [0.2, 0.25) is 5.91 Å². The van der Waals surface area contributed by atoms with E-state index < -0.39 is 5.97 Å². The molecule has 1 aromatic heterocycles. The molecule has 21 heavy (non-hydrogen) atoms. The van der Waals surface area contributed by atoms with Crippen LogP contribution in [0.2, 0.25) is 0 Å². The van der Waals surface area contributed by atoms with Crippen LogP contribution in [0.4, 0.5) is 0 Å². The van der Waals surface area contributed by atoms with Crippen molar-refractivity contribution in [2.24, 2.45) is 0 Å². The fourth-order valence-corrected chi connectivity index (χ4v) is 2.77. The number of carbonyl (C=O) groups is 2. The maximum absolute atomic E-state index is 11.7. The summed E-state index contributed by atoms with van der Waals surface area (Å²) in [5.41, 5.74) is 0.852. The van der Waals surface area contributed by atoms with E-state index in [1.54, 1.807) is 6.08 Å². The van der Waals surface area contributed by atoms with Gasteiger partial charge in [0, 0.05) is 17.4 Å². The number of aliphatic carboxylic acids is 1. The molecule has 1 heterocycles. The second kappa shape index (κ2) is 10.2. The number of amides is 1. The van der Waals surface area contributed by atoms with Crippen LogP contribution in [0.1, 0.15) is 55.9 Å². The third kappa shape index (κ3) is 7.66. The van der Waals surface area contributed by atoms with E-state index in [1.165, 1.54) is 30.6 Å². The third-order valence-electron chi connectivity index (χ3n) is 3.14. The number of nitrogens with one attached hydrogen (secondary N) is 1. The van der Waals surface area contributed by atoms with Crippen molar-refractivity contribution in [1.29, 1.82) is 0 Å². The first kappa shape index (κ1) is 17.4. The lowest BCUT2D eigenvalue weighted by atomic mass is 10.1. The van der Waals surface area contributed by atoms with Crippen molar-refractivity contribution in [3.05, 3.63) is 28.0 Å². The Bertz CT molecular complexity index is 480. The van der Waals surface area contributed by atoms with Gasteiger partial charge in [0.25, 0.3) is 0 Å². The van der Waals surface area contributed by atoms with Crippen LogP contribution in [-0.2, 0) is 16.1 Å². The standard InChI is InChI=1S/C16H23NO3S/c1-2-3-4-5-6-7-15(18)17-12-14-13(10-11-21-14)8-9-16(19)20/h8-11H,2-7,12H2,1H3,(H,17,18)(H,19,20)/b9-8+. The molecule has 0 aliphatic rings. The van der Waals surface area contributed by atoms with E-state index in [-0.39, 0.29) is 5.91 Å². The molecule has 2 N–H and O–H groups in total. The molecular weight excluding hydrogens is 286 g/mol. The highest BCUT2D eigenvalue weighted by molar-refractivity contribution is 7.10. The molecule has 0 atom stereocenters. The maximum Gasteiger partial charge on any atom is 0.328 e. The monoisotopic (exact) mass is 309 g/mol. The molecular formula is C16H23NO3S. The quantitative estimate of drug-likeness (QED) is 0.510. The van der Waals surface area contributed by atoms with Gasteiger partial charge in [0.15, 0.2) is 0 Å². The van der Waals surface area contributed by atoms with Crippen molar-refractivity contribution in [3.8, 4) is 0 Å². The number of thiophene rings is 1. The van der Waals surface area contributed by atoms with Crippen molar-refractivity contribution in [2.75, 3.05) is 0 Å². The Labute approximate surface area is 129 Å². The molecule has 0 aromatic carbocycles. The van der Waals surface area contributed by atoms with Crippen LogP contribution >= 0.6 is 11.3 Å². The smallest absolute Gasteiger partial charge is 0.328 e. The highest BCUT2D eigenvalue weighted by atomic mass is 32.1. The zero-order valence-electron chi connectivity index (χ0n) is 12.4. The maximum atomic E-state index is 11.7. The van der Waals surface area contributed by atoms with Gasteiger partial charge < -0.3 is 10.4 Å². The van der Waals surface area contributed by atoms with E-state index in [0.717, 1.165) is 29.4 Å². The molecule has 0 spiro atoms. The average molecular weight is 309 g/mol. The van der Waals surface area contributed by atoms with E-state index in [9.17, 15) is 9.59 Å². The first-order valence-corrected chi connectivity index (χ1v) is 8.25. The number of hydrogen-bond acceptors (Lipinski definition) is 3. The second-order valence-corrected chi connectivity index (χ2v) is 5.91. The minimum absolute atomic E-state index is 0.0630. The molecule has 0 aliphatic heterocycles. The second-order valence-electron chi connectivity index (χ2n) is 4.91. The fourth-order valence-electron chi connectivity index (χ4n) is 1.96. The largest absolute Gasteiger partial charge is 0.478 e. The van der Waals surface area contributed by atoms with Crippen LogP contribution in [-0.4, -0.2) is 17.0 Å². The van der Waals surface area contributed by atoms with E-state index in [4.69, 9.17) is 5.11 Å². The predicted octanol–water partition coefficient (Wildman–Crippen LogP) is 3.82. The molecule has 0 unspecified atom stereocenters. The first-order chi connectivity index (χ1) is 10.1. The van der Waals surface area contributed by atoms with E-state index >= 15 is 0 Å². The number of carboxylic acid groups (broad SMARTS) is 1. The van der Waals surface area contributed by atoms with Crippen LogP contribution < -0.4 is 5.32 Å². The highest BCUT2D eigenvalue weighted by Gasteiger charge is 2.05. The lowest BCUT2D eigenvalue weighted by Crippen LogP contribution is -2.22. The van der Waals surface area contributed by atoms with Gasteiger partial charge in [-0.1, -0.05) is 32.6 Å². The van der Waals surface area contributed by atoms with Gasteiger partial charge in [0.1, 0.15) is 0 Å². The van der Waals surface area contributed by atoms with Crippen LogP contribution in [0.3, 0.4) is 0 Å². The molecule has 1 aromatic rings. The lowest BCUT2D eigenvalue weighted by molar-refractivity contribution is -0.131. The summed E-state index contributed by atoms with van der Waals surface area (Å²) in [7, 11) is 0. The van der Waals surface area contributed by atoms with Gasteiger partial charge >= 0.3 is 5.97 Å². The summed E-state index contributed by atoms with van der Waals surface area (Å²) in [5.74, 6) is -0.906. The van der Waals surface area contributed by atoms with Crippen LogP contribution in [0.5, 0.6) is 0 Å². The Kier molecular flexibility index (Phi) is 8.43. The lowest BCUT2D eigenvalue weighted by Gasteiger charge is -2.05. The summed E-state index contributed by atoms with van der Waals surface area (Å²) >= 11 is 1.52. The summed E-state index contributed by atoms with van der Waals surface area (Å²) in [6.07, 6.45) is 8.91. The number of unbranched alkanes of at least 4 members (excludes halogenated alkanes) is 4. The van der Waals surface area contributed by atoms with Gasteiger partial charge in [-0.15, -0.1) is 11.3 Å². The Morgan fingerprint density at radius 3 is 2.76 bits per heavy atom. The molecule has 0 saturated heterocycles. The Morgan fingerprint density at radius 2 is 2.05 bits per heavy atom. The van der Waals surface area contributed by atoms with Crippen molar-refractivity contribution in [3.63, 3.8) is 0 Å². The number of carboxylic acids is 1. The highest BCUT2D eigenvalue weighted by Crippen LogP contribution is 2.18. The topological polar surface area (TPSA) is 66.4 Å². The molecule has 0 aliphatic carbocycles. The Morgan fingerprint density at radius 1 is 1.29 bits per heavy atom. The number of carbonyl (C=O) groups excluding carboxylic acids is 1. The van der Waals surface area contributed by atoms with Gasteiger partial charge in [0.05, 0.1) is 6.54 Å². The summed E-state index contributed by atoms with van der Waals surface area (Å²) in [4.78, 5) is 23.2. The van der Waals surface area contributed by atoms with Crippen molar-refractivity contribution < 1.29 is 14.7 Å². The van der Waals surface area contributed by atoms with Crippen LogP contribution in [0.15, 0.2) is 17.5 Å². The van der Waals surface area contributed by atoms with Gasteiger partial charge in [-0.2, -0.15) is 0 Å². The Hall–Kier alpha value is -1.62. The SMILES string of the molecule is CCCCCCCC(=O)NCc1sccc1/C=C/C(=O)O. The molecule has 0 radical (unpaired) electrons. The molecule has 0 bridgehead atoms. The van der Waals surface area contributed by atoms with E-state index in [1.807, 2.05) is 11.4 Å². The zero-order valence-corrected chi connectivity index (χ0v) is 13.2. The van der Waals surface area contributed by atoms with Crippen LogP contribution in [0.25, 0.3) is 6.08 Å². The predicted molar refractivity (Wildman–Crippen MR) is 86.2 cm³/mol. The minimum Gasteiger partial charge on any atom is -0.478 e. The molecule has 4 nitrogen and oxygen atoms in total.